The van der Waals surface area contributed by atoms with Gasteiger partial charge in [-0.05, 0) is 50.5 Å². The predicted octanol–water partition coefficient (Wildman–Crippen LogP) is 4.81. The number of halogens is 2. The Labute approximate surface area is 209 Å². The molecule has 0 aromatic heterocycles. The molecule has 0 aliphatic carbocycles. The molecule has 1 heterocycles. The molecule has 0 radical (unpaired) electrons. The predicted molar refractivity (Wildman–Crippen MR) is 133 cm³/mol. The van der Waals surface area contributed by atoms with Gasteiger partial charge < -0.3 is 15.0 Å². The highest BCUT2D eigenvalue weighted by Gasteiger charge is 2.37. The van der Waals surface area contributed by atoms with Crippen LogP contribution in [0.4, 0.5) is 0 Å². The van der Waals surface area contributed by atoms with Gasteiger partial charge in [0.05, 0.1) is 12.2 Å². The molecule has 180 valence electrons. The quantitative estimate of drug-likeness (QED) is 0.525. The monoisotopic (exact) mass is 502 g/mol. The molecule has 2 aromatic carbocycles. The first-order chi connectivity index (χ1) is 16.2. The zero-order chi connectivity index (χ0) is 24.8. The molecular weight excluding hydrogens is 475 g/mol. The Morgan fingerprint density at radius 3 is 2.47 bits per heavy atom. The van der Waals surface area contributed by atoms with Gasteiger partial charge in [-0.3, -0.25) is 9.59 Å². The number of hydrogen-bond acceptors (Lipinski definition) is 4. The lowest BCUT2D eigenvalue weighted by molar-refractivity contribution is -0.141. The minimum Gasteiger partial charge on any atom is -0.463 e. The van der Waals surface area contributed by atoms with Crippen molar-refractivity contribution in [2.45, 2.75) is 39.5 Å². The summed E-state index contributed by atoms with van der Waals surface area (Å²) in [6.07, 6.45) is 0.607. The topological polar surface area (TPSA) is 75.7 Å². The molecule has 0 spiro atoms. The molecule has 6 nitrogen and oxygen atoms in total. The van der Waals surface area contributed by atoms with E-state index >= 15 is 0 Å². The third-order valence-electron chi connectivity index (χ3n) is 5.83. The molecule has 1 atom stereocenters. The Hall–Kier alpha value is -2.83. The van der Waals surface area contributed by atoms with Crippen LogP contribution in [0.15, 0.2) is 53.7 Å². The maximum absolute atomic E-state index is 13.0. The van der Waals surface area contributed by atoms with E-state index in [4.69, 9.17) is 27.9 Å². The number of carbonyl (C=O) groups is 3. The van der Waals surface area contributed by atoms with Crippen molar-refractivity contribution in [2.75, 3.05) is 19.7 Å². The Bertz CT molecular complexity index is 1110. The van der Waals surface area contributed by atoms with Crippen molar-refractivity contribution < 1.29 is 19.1 Å². The lowest BCUT2D eigenvalue weighted by Crippen LogP contribution is -2.44. The molecular formula is C26H28Cl2N2O4. The highest BCUT2D eigenvalue weighted by molar-refractivity contribution is 6.35. The summed E-state index contributed by atoms with van der Waals surface area (Å²) in [5, 5.41) is 3.90. The fraction of sp³-hybridized carbons (Fsp3) is 0.346. The first-order valence-corrected chi connectivity index (χ1v) is 11.9. The molecule has 1 unspecified atom stereocenters. The summed E-state index contributed by atoms with van der Waals surface area (Å²) in [7, 11) is 0. The van der Waals surface area contributed by atoms with E-state index in [-0.39, 0.29) is 31.4 Å². The summed E-state index contributed by atoms with van der Waals surface area (Å²) in [4.78, 5) is 39.8. The van der Waals surface area contributed by atoms with Gasteiger partial charge in [0, 0.05) is 34.6 Å². The van der Waals surface area contributed by atoms with Gasteiger partial charge in [-0.2, -0.15) is 0 Å². The van der Waals surface area contributed by atoms with Crippen LogP contribution in [0.3, 0.4) is 0 Å². The minimum absolute atomic E-state index is 0.0855. The van der Waals surface area contributed by atoms with E-state index in [9.17, 15) is 14.4 Å². The van der Waals surface area contributed by atoms with Crippen LogP contribution in [-0.2, 0) is 25.5 Å². The van der Waals surface area contributed by atoms with E-state index in [1.165, 1.54) is 4.90 Å². The average Bonchev–Trinajstić information content (AvgIpc) is 2.78. The van der Waals surface area contributed by atoms with Gasteiger partial charge in [-0.25, -0.2) is 4.79 Å². The van der Waals surface area contributed by atoms with Crippen LogP contribution in [0, 0.1) is 6.92 Å². The van der Waals surface area contributed by atoms with Gasteiger partial charge in [0.25, 0.3) is 0 Å². The summed E-state index contributed by atoms with van der Waals surface area (Å²) < 4.78 is 5.29. The van der Waals surface area contributed by atoms with Crippen molar-refractivity contribution >= 4 is 41.0 Å². The Kier molecular flexibility index (Phi) is 8.75. The number of esters is 1. The smallest absolute Gasteiger partial charge is 0.336 e. The van der Waals surface area contributed by atoms with E-state index in [2.05, 4.69) is 5.32 Å². The lowest BCUT2D eigenvalue weighted by atomic mass is 9.83. The number of nitrogens with zero attached hydrogens (tertiary/aromatic N) is 1. The maximum atomic E-state index is 13.0. The Balaban J connectivity index is 1.74. The summed E-state index contributed by atoms with van der Waals surface area (Å²) in [6, 6.07) is 13.0. The molecule has 0 saturated heterocycles. The average molecular weight is 503 g/mol. The Morgan fingerprint density at radius 1 is 1.12 bits per heavy atom. The number of benzene rings is 2. The van der Waals surface area contributed by atoms with Gasteiger partial charge in [0.15, 0.2) is 0 Å². The molecule has 3 rings (SSSR count). The fourth-order valence-corrected chi connectivity index (χ4v) is 4.52. The molecule has 1 aliphatic rings. The van der Waals surface area contributed by atoms with Crippen LogP contribution in [-0.4, -0.2) is 42.4 Å². The van der Waals surface area contributed by atoms with Crippen molar-refractivity contribution in [2.24, 2.45) is 0 Å². The zero-order valence-corrected chi connectivity index (χ0v) is 21.0. The molecule has 0 saturated carbocycles. The van der Waals surface area contributed by atoms with Crippen LogP contribution < -0.4 is 5.32 Å². The van der Waals surface area contributed by atoms with Crippen molar-refractivity contribution in [3.05, 3.63) is 80.5 Å². The van der Waals surface area contributed by atoms with Crippen molar-refractivity contribution in [3.8, 4) is 0 Å². The van der Waals surface area contributed by atoms with Crippen LogP contribution >= 0.6 is 23.2 Å². The molecule has 0 bridgehead atoms. The molecule has 1 aliphatic heterocycles. The van der Waals surface area contributed by atoms with E-state index in [1.54, 1.807) is 26.0 Å². The number of ether oxygens (including phenoxy) is 1. The molecule has 34 heavy (non-hydrogen) atoms. The van der Waals surface area contributed by atoms with Crippen molar-refractivity contribution in [3.63, 3.8) is 0 Å². The summed E-state index contributed by atoms with van der Waals surface area (Å²) in [6.45, 7) is 5.79. The van der Waals surface area contributed by atoms with Gasteiger partial charge >= 0.3 is 5.97 Å². The molecule has 1 N–H and O–H groups in total. The highest BCUT2D eigenvalue weighted by atomic mass is 35.5. The van der Waals surface area contributed by atoms with Crippen LogP contribution in [0.5, 0.6) is 0 Å². The number of amides is 2. The second kappa shape index (κ2) is 11.5. The third-order valence-corrected chi connectivity index (χ3v) is 6.42. The van der Waals surface area contributed by atoms with Crippen LogP contribution in [0.2, 0.25) is 10.0 Å². The first-order valence-electron chi connectivity index (χ1n) is 11.2. The lowest BCUT2D eigenvalue weighted by Gasteiger charge is -2.34. The fourth-order valence-electron chi connectivity index (χ4n) is 4.02. The van der Waals surface area contributed by atoms with Gasteiger partial charge in [0.2, 0.25) is 11.8 Å². The number of allylic oxidation sites excluding steroid dienone is 1. The second-order valence-electron chi connectivity index (χ2n) is 8.20. The maximum Gasteiger partial charge on any atom is 0.336 e. The Morgan fingerprint density at radius 2 is 1.82 bits per heavy atom. The summed E-state index contributed by atoms with van der Waals surface area (Å²) in [5.41, 5.74) is 3.66. The molecule has 0 fully saturated rings. The van der Waals surface area contributed by atoms with Gasteiger partial charge in [-0.1, -0.05) is 59.1 Å². The molecule has 8 heteroatoms. The summed E-state index contributed by atoms with van der Waals surface area (Å²) in [5.74, 6) is -1.43. The highest BCUT2D eigenvalue weighted by Crippen LogP contribution is 2.37. The normalized spacial score (nSPS) is 16.0. The number of carbonyl (C=O) groups excluding carboxylic acids is 3. The number of rotatable bonds is 8. The number of hydrogen-bond donors (Lipinski definition) is 1. The zero-order valence-electron chi connectivity index (χ0n) is 19.5. The largest absolute Gasteiger partial charge is 0.463 e. The SMILES string of the molecule is CCOC(=O)C1=C(C)N(CC(=O)NCCc2ccc(Cl)cc2Cl)C(=O)CC1c1ccc(C)cc1. The van der Waals surface area contributed by atoms with E-state index in [1.807, 2.05) is 37.3 Å². The summed E-state index contributed by atoms with van der Waals surface area (Å²) >= 11 is 12.1. The third kappa shape index (κ3) is 6.19. The minimum atomic E-state index is -0.471. The second-order valence-corrected chi connectivity index (χ2v) is 9.05. The van der Waals surface area contributed by atoms with Crippen LogP contribution in [0.25, 0.3) is 0 Å². The standard InChI is InChI=1S/C26H28Cl2N2O4/c1-4-34-26(33)25-17(3)30(24(32)14-21(25)18-7-5-16(2)6-8-18)15-23(31)29-12-11-19-9-10-20(27)13-22(19)28/h5-10,13,21H,4,11-12,14-15H2,1-3H3,(H,29,31). The molecule has 2 aromatic rings. The van der Waals surface area contributed by atoms with E-state index < -0.39 is 11.9 Å². The van der Waals surface area contributed by atoms with Gasteiger partial charge in [0.1, 0.15) is 6.54 Å². The van der Waals surface area contributed by atoms with E-state index in [0.29, 0.717) is 34.3 Å². The van der Waals surface area contributed by atoms with Crippen molar-refractivity contribution in [1.29, 1.82) is 0 Å². The van der Waals surface area contributed by atoms with E-state index in [0.717, 1.165) is 16.7 Å². The van der Waals surface area contributed by atoms with Crippen molar-refractivity contribution in [1.82, 2.24) is 10.2 Å². The first kappa shape index (κ1) is 25.8. The number of aryl methyl sites for hydroxylation is 1. The molecule has 2 amide bonds. The van der Waals surface area contributed by atoms with Crippen LogP contribution in [0.1, 0.15) is 42.9 Å². The number of nitrogens with one attached hydrogen (secondary N) is 1. The van der Waals surface area contributed by atoms with Gasteiger partial charge in [-0.15, -0.1) is 0 Å².